The Balaban J connectivity index is 2.14. The van der Waals surface area contributed by atoms with Crippen LogP contribution in [0, 0.1) is 0 Å². The zero-order chi connectivity index (χ0) is 13.1. The van der Waals surface area contributed by atoms with E-state index in [1.165, 1.54) is 7.11 Å². The van der Waals surface area contributed by atoms with Gasteiger partial charge in [-0.2, -0.15) is 0 Å². The molecule has 18 heavy (non-hydrogen) atoms. The van der Waals surface area contributed by atoms with Crippen LogP contribution in [0.4, 0.5) is 5.69 Å². The van der Waals surface area contributed by atoms with Gasteiger partial charge in [0, 0.05) is 7.05 Å². The number of hydrogen-bond donors (Lipinski definition) is 1. The van der Waals surface area contributed by atoms with Gasteiger partial charge in [0.1, 0.15) is 18.4 Å². The minimum atomic E-state index is -0.630. The van der Waals surface area contributed by atoms with Crippen molar-refractivity contribution >= 4 is 11.7 Å². The lowest BCUT2D eigenvalue weighted by Gasteiger charge is -2.28. The summed E-state index contributed by atoms with van der Waals surface area (Å²) in [5.41, 5.74) is 7.78. The number of nitrogens with zero attached hydrogens (tertiary/aromatic N) is 1. The average Bonchev–Trinajstić information content (AvgIpc) is 2.38. The minimum Gasteiger partial charge on any atom is -0.490 e. The van der Waals surface area contributed by atoms with E-state index in [9.17, 15) is 4.79 Å². The van der Waals surface area contributed by atoms with Crippen LogP contribution in [0.1, 0.15) is 5.56 Å². The predicted molar refractivity (Wildman–Crippen MR) is 68.9 cm³/mol. The molecule has 0 bridgehead atoms. The van der Waals surface area contributed by atoms with E-state index < -0.39 is 12.0 Å². The molecule has 1 heterocycles. The molecule has 1 aliphatic heterocycles. The van der Waals surface area contributed by atoms with Crippen LogP contribution >= 0.6 is 0 Å². The fraction of sp³-hybridized carbons (Fsp3) is 0.462. The lowest BCUT2D eigenvalue weighted by Crippen LogP contribution is -2.33. The number of carbonyl (C=O) groups is 1. The van der Waals surface area contributed by atoms with Crippen molar-refractivity contribution < 1.29 is 14.3 Å². The lowest BCUT2D eigenvalue weighted by molar-refractivity contribution is -0.142. The van der Waals surface area contributed by atoms with Crippen LogP contribution in [0.3, 0.4) is 0 Å². The van der Waals surface area contributed by atoms with Crippen LogP contribution in [0.25, 0.3) is 0 Å². The maximum absolute atomic E-state index is 11.3. The van der Waals surface area contributed by atoms with Crippen molar-refractivity contribution in [2.45, 2.75) is 12.5 Å². The Morgan fingerprint density at radius 3 is 3.11 bits per heavy atom. The Morgan fingerprint density at radius 2 is 2.39 bits per heavy atom. The monoisotopic (exact) mass is 250 g/mol. The topological polar surface area (TPSA) is 64.8 Å². The van der Waals surface area contributed by atoms with Crippen LogP contribution in [0.2, 0.25) is 0 Å². The number of benzene rings is 1. The highest BCUT2D eigenvalue weighted by Crippen LogP contribution is 2.31. The molecule has 0 aliphatic carbocycles. The van der Waals surface area contributed by atoms with Gasteiger partial charge in [-0.1, -0.05) is 6.07 Å². The van der Waals surface area contributed by atoms with Crippen molar-refractivity contribution in [2.24, 2.45) is 5.73 Å². The molecule has 0 amide bonds. The Morgan fingerprint density at radius 1 is 1.61 bits per heavy atom. The van der Waals surface area contributed by atoms with E-state index in [0.29, 0.717) is 13.0 Å². The molecule has 0 fully saturated rings. The van der Waals surface area contributed by atoms with E-state index in [0.717, 1.165) is 23.5 Å². The molecule has 1 aromatic carbocycles. The number of likely N-dealkylation sites (N-methyl/N-ethyl adjacent to an activating group) is 1. The van der Waals surface area contributed by atoms with Gasteiger partial charge < -0.3 is 20.1 Å². The molecule has 1 aliphatic rings. The molecular formula is C13H18N2O3. The van der Waals surface area contributed by atoms with Crippen molar-refractivity contribution in [2.75, 3.05) is 32.2 Å². The van der Waals surface area contributed by atoms with Gasteiger partial charge in [-0.05, 0) is 24.1 Å². The second-order valence-corrected chi connectivity index (χ2v) is 4.41. The highest BCUT2D eigenvalue weighted by atomic mass is 16.5. The number of esters is 1. The number of rotatable bonds is 3. The first kappa shape index (κ1) is 12.7. The predicted octanol–water partition coefficient (Wildman–Crippen LogP) is 0.558. The van der Waals surface area contributed by atoms with Crippen molar-refractivity contribution in [3.8, 4) is 5.75 Å². The highest BCUT2D eigenvalue weighted by Gasteiger charge is 2.18. The van der Waals surface area contributed by atoms with E-state index in [1.807, 2.05) is 25.2 Å². The number of hydrogen-bond acceptors (Lipinski definition) is 5. The van der Waals surface area contributed by atoms with E-state index in [-0.39, 0.29) is 0 Å². The fourth-order valence-electron chi connectivity index (χ4n) is 2.02. The molecule has 0 aromatic heterocycles. The van der Waals surface area contributed by atoms with Crippen molar-refractivity contribution in [1.82, 2.24) is 0 Å². The van der Waals surface area contributed by atoms with Gasteiger partial charge in [0.05, 0.1) is 19.3 Å². The standard InChI is InChI=1S/C13H18N2O3/c1-15-5-6-18-12-8-9(3-4-11(12)15)7-10(14)13(16)17-2/h3-4,8,10H,5-7,14H2,1-2H3. The summed E-state index contributed by atoms with van der Waals surface area (Å²) in [6, 6.07) is 5.27. The zero-order valence-corrected chi connectivity index (χ0v) is 10.7. The Kier molecular flexibility index (Phi) is 3.72. The molecule has 2 N–H and O–H groups in total. The van der Waals surface area contributed by atoms with E-state index in [1.54, 1.807) is 0 Å². The summed E-state index contributed by atoms with van der Waals surface area (Å²) in [6.45, 7) is 1.56. The SMILES string of the molecule is COC(=O)C(N)Cc1ccc2c(c1)OCCN2C. The average molecular weight is 250 g/mol. The molecule has 0 spiro atoms. The molecule has 5 nitrogen and oxygen atoms in total. The molecule has 0 saturated heterocycles. The summed E-state index contributed by atoms with van der Waals surface area (Å²) < 4.78 is 10.2. The smallest absolute Gasteiger partial charge is 0.322 e. The molecular weight excluding hydrogens is 232 g/mol. The molecule has 0 radical (unpaired) electrons. The third-order valence-electron chi connectivity index (χ3n) is 3.08. The number of nitrogens with two attached hydrogens (primary N) is 1. The van der Waals surface area contributed by atoms with Crippen molar-refractivity contribution in [3.63, 3.8) is 0 Å². The second kappa shape index (κ2) is 5.27. The van der Waals surface area contributed by atoms with Gasteiger partial charge in [-0.15, -0.1) is 0 Å². The first-order chi connectivity index (χ1) is 8.61. The summed E-state index contributed by atoms with van der Waals surface area (Å²) in [6.07, 6.45) is 0.451. The highest BCUT2D eigenvalue weighted by molar-refractivity contribution is 5.75. The molecule has 0 saturated carbocycles. The zero-order valence-electron chi connectivity index (χ0n) is 10.7. The first-order valence-corrected chi connectivity index (χ1v) is 5.92. The number of anilines is 1. The molecule has 5 heteroatoms. The van der Waals surface area contributed by atoms with Gasteiger partial charge in [-0.25, -0.2) is 0 Å². The van der Waals surface area contributed by atoms with Gasteiger partial charge >= 0.3 is 5.97 Å². The molecule has 1 unspecified atom stereocenters. The van der Waals surface area contributed by atoms with Crippen LogP contribution in [0.15, 0.2) is 18.2 Å². The first-order valence-electron chi connectivity index (χ1n) is 5.92. The number of ether oxygens (including phenoxy) is 2. The number of fused-ring (bicyclic) bond motifs is 1. The third-order valence-corrected chi connectivity index (χ3v) is 3.08. The van der Waals surface area contributed by atoms with Gasteiger partial charge in [-0.3, -0.25) is 4.79 Å². The van der Waals surface area contributed by atoms with Gasteiger partial charge in [0.25, 0.3) is 0 Å². The summed E-state index contributed by atoms with van der Waals surface area (Å²) in [4.78, 5) is 13.4. The van der Waals surface area contributed by atoms with E-state index >= 15 is 0 Å². The van der Waals surface area contributed by atoms with Crippen molar-refractivity contribution in [3.05, 3.63) is 23.8 Å². The van der Waals surface area contributed by atoms with Crippen LogP contribution < -0.4 is 15.4 Å². The maximum Gasteiger partial charge on any atom is 0.322 e. The second-order valence-electron chi connectivity index (χ2n) is 4.41. The summed E-state index contributed by atoms with van der Waals surface area (Å²) in [5.74, 6) is 0.448. The van der Waals surface area contributed by atoms with Crippen molar-refractivity contribution in [1.29, 1.82) is 0 Å². The molecule has 2 rings (SSSR count). The number of methoxy groups -OCH3 is 1. The number of carbonyl (C=O) groups excluding carboxylic acids is 1. The molecule has 1 atom stereocenters. The van der Waals surface area contributed by atoms with E-state index in [2.05, 4.69) is 9.64 Å². The minimum absolute atomic E-state index is 0.397. The Hall–Kier alpha value is -1.75. The lowest BCUT2D eigenvalue weighted by atomic mass is 10.0. The van der Waals surface area contributed by atoms with Gasteiger partial charge in [0.15, 0.2) is 0 Å². The third kappa shape index (κ3) is 2.56. The normalized spacial score (nSPS) is 15.6. The quantitative estimate of drug-likeness (QED) is 0.794. The molecule has 1 aromatic rings. The summed E-state index contributed by atoms with van der Waals surface area (Å²) in [5, 5.41) is 0. The van der Waals surface area contributed by atoms with Crippen LogP contribution in [-0.2, 0) is 16.0 Å². The fourth-order valence-corrected chi connectivity index (χ4v) is 2.02. The van der Waals surface area contributed by atoms with Gasteiger partial charge in [0.2, 0.25) is 0 Å². The maximum atomic E-state index is 11.3. The summed E-state index contributed by atoms with van der Waals surface area (Å²) in [7, 11) is 3.37. The molecule has 98 valence electrons. The van der Waals surface area contributed by atoms with E-state index in [4.69, 9.17) is 10.5 Å². The van der Waals surface area contributed by atoms with Crippen LogP contribution in [0.5, 0.6) is 5.75 Å². The summed E-state index contributed by atoms with van der Waals surface area (Å²) >= 11 is 0. The van der Waals surface area contributed by atoms with Crippen LogP contribution in [-0.4, -0.2) is 39.3 Å². The Bertz CT molecular complexity index is 448. The Labute approximate surface area is 106 Å². The largest absolute Gasteiger partial charge is 0.490 e.